The summed E-state index contributed by atoms with van der Waals surface area (Å²) in [7, 11) is 0. The molecule has 4 saturated carbocycles. The fourth-order valence-corrected chi connectivity index (χ4v) is 6.73. The van der Waals surface area contributed by atoms with Crippen molar-refractivity contribution >= 4 is 0 Å². The van der Waals surface area contributed by atoms with Gasteiger partial charge >= 0.3 is 0 Å². The van der Waals surface area contributed by atoms with Gasteiger partial charge in [-0.05, 0) is 73.8 Å². The lowest BCUT2D eigenvalue weighted by Crippen LogP contribution is -2.63. The fraction of sp³-hybridized carbons (Fsp3) is 0.789. The molecule has 4 bridgehead atoms. The molecule has 0 saturated heterocycles. The van der Waals surface area contributed by atoms with Gasteiger partial charge < -0.3 is 9.88 Å². The summed E-state index contributed by atoms with van der Waals surface area (Å²) in [5.74, 6) is 0.976. The van der Waals surface area contributed by atoms with Crippen LogP contribution < -0.4 is 5.32 Å². The molecule has 0 aliphatic heterocycles. The highest BCUT2D eigenvalue weighted by Gasteiger charge is 2.59. The summed E-state index contributed by atoms with van der Waals surface area (Å²) in [5, 5.41) is 4.02. The normalized spacial score (nSPS) is 44.4. The van der Waals surface area contributed by atoms with E-state index in [0.717, 1.165) is 19.0 Å². The summed E-state index contributed by atoms with van der Waals surface area (Å²) in [6.07, 6.45) is 13.2. The van der Waals surface area contributed by atoms with Crippen molar-refractivity contribution < 1.29 is 0 Å². The largest absolute Gasteiger partial charge is 0.354 e. The van der Waals surface area contributed by atoms with Gasteiger partial charge in [-0.2, -0.15) is 0 Å². The second-order valence-electron chi connectivity index (χ2n) is 9.11. The Morgan fingerprint density at radius 2 is 1.86 bits per heavy atom. The molecule has 1 N–H and O–H groups in total. The summed E-state index contributed by atoms with van der Waals surface area (Å²) >= 11 is 0. The fourth-order valence-electron chi connectivity index (χ4n) is 6.73. The van der Waals surface area contributed by atoms with Crippen LogP contribution >= 0.6 is 0 Å². The van der Waals surface area contributed by atoms with Crippen molar-refractivity contribution in [2.24, 2.45) is 16.7 Å². The summed E-state index contributed by atoms with van der Waals surface area (Å²) in [6.45, 7) is 9.44. The van der Waals surface area contributed by atoms with Crippen molar-refractivity contribution in [1.82, 2.24) is 9.88 Å². The Bertz CT molecular complexity index is 526. The SMILES string of the molecule is CCn1ccc(CNC23CC4CC(C)(CC(C)(C4)C2)C3)c1. The van der Waals surface area contributed by atoms with Crippen LogP contribution in [0, 0.1) is 16.7 Å². The molecule has 2 heteroatoms. The van der Waals surface area contributed by atoms with Crippen LogP contribution in [0.4, 0.5) is 0 Å². The Balaban J connectivity index is 1.51. The third-order valence-electron chi connectivity index (χ3n) is 6.47. The highest BCUT2D eigenvalue weighted by atomic mass is 15.0. The summed E-state index contributed by atoms with van der Waals surface area (Å²) in [5.41, 5.74) is 3.09. The van der Waals surface area contributed by atoms with Crippen LogP contribution in [0.5, 0.6) is 0 Å². The van der Waals surface area contributed by atoms with Gasteiger partial charge in [-0.15, -0.1) is 0 Å². The molecule has 2 atom stereocenters. The van der Waals surface area contributed by atoms with Gasteiger partial charge in [-0.3, -0.25) is 0 Å². The van der Waals surface area contributed by atoms with Gasteiger partial charge in [-0.1, -0.05) is 13.8 Å². The zero-order valence-corrected chi connectivity index (χ0v) is 13.9. The van der Waals surface area contributed by atoms with Crippen LogP contribution in [0.1, 0.15) is 64.9 Å². The number of hydrogen-bond acceptors (Lipinski definition) is 1. The number of aromatic nitrogens is 1. The highest BCUT2D eigenvalue weighted by molar-refractivity contribution is 5.16. The van der Waals surface area contributed by atoms with Crippen molar-refractivity contribution in [3.63, 3.8) is 0 Å². The summed E-state index contributed by atoms with van der Waals surface area (Å²) in [6, 6.07) is 2.28. The first-order valence-electron chi connectivity index (χ1n) is 8.81. The van der Waals surface area contributed by atoms with Crippen LogP contribution in [0.15, 0.2) is 18.5 Å². The van der Waals surface area contributed by atoms with Crippen molar-refractivity contribution in [2.45, 2.75) is 77.9 Å². The molecule has 0 radical (unpaired) electrons. The molecular weight excluding hydrogens is 256 g/mol. The van der Waals surface area contributed by atoms with E-state index in [-0.39, 0.29) is 0 Å². The molecule has 4 aliphatic rings. The lowest BCUT2D eigenvalue weighted by Gasteiger charge is -2.65. The van der Waals surface area contributed by atoms with Crippen molar-refractivity contribution in [3.05, 3.63) is 24.0 Å². The molecule has 116 valence electrons. The Hall–Kier alpha value is -0.760. The monoisotopic (exact) mass is 286 g/mol. The van der Waals surface area contributed by atoms with Crippen LogP contribution in [-0.2, 0) is 13.1 Å². The molecule has 0 spiro atoms. The maximum atomic E-state index is 4.02. The molecule has 4 fully saturated rings. The van der Waals surface area contributed by atoms with Crippen molar-refractivity contribution in [1.29, 1.82) is 0 Å². The molecule has 0 amide bonds. The molecule has 1 aromatic rings. The quantitative estimate of drug-likeness (QED) is 0.871. The third kappa shape index (κ3) is 2.36. The Kier molecular flexibility index (Phi) is 2.89. The standard InChI is InChI=1S/C19H30N2/c1-4-21-6-5-15(11-21)10-20-19-9-16-7-17(2,13-19)12-18(3,8-16)14-19/h5-6,11,16,20H,4,7-10,12-14H2,1-3H3. The van der Waals surface area contributed by atoms with E-state index in [1.165, 1.54) is 44.1 Å². The number of hydrogen-bond donors (Lipinski definition) is 1. The predicted molar refractivity (Wildman–Crippen MR) is 87.1 cm³/mol. The van der Waals surface area contributed by atoms with E-state index in [4.69, 9.17) is 0 Å². The van der Waals surface area contributed by atoms with E-state index in [2.05, 4.69) is 49.1 Å². The molecule has 21 heavy (non-hydrogen) atoms. The Labute approximate surface area is 129 Å². The molecule has 2 nitrogen and oxygen atoms in total. The third-order valence-corrected chi connectivity index (χ3v) is 6.47. The van der Waals surface area contributed by atoms with Crippen LogP contribution in [0.2, 0.25) is 0 Å². The second kappa shape index (κ2) is 4.38. The molecule has 1 aromatic heterocycles. The second-order valence-corrected chi connectivity index (χ2v) is 9.11. The lowest BCUT2D eigenvalue weighted by atomic mass is 9.43. The van der Waals surface area contributed by atoms with Gasteiger partial charge in [0.05, 0.1) is 0 Å². The van der Waals surface area contributed by atoms with E-state index in [1.807, 2.05) is 0 Å². The van der Waals surface area contributed by atoms with E-state index in [9.17, 15) is 0 Å². The average molecular weight is 286 g/mol. The zero-order valence-electron chi connectivity index (χ0n) is 13.9. The van der Waals surface area contributed by atoms with Gasteiger partial charge in [0.25, 0.3) is 0 Å². The molecule has 4 aliphatic carbocycles. The molecule has 1 heterocycles. The highest BCUT2D eigenvalue weighted by Crippen LogP contribution is 2.66. The maximum Gasteiger partial charge on any atom is 0.0225 e. The van der Waals surface area contributed by atoms with Crippen LogP contribution in [0.3, 0.4) is 0 Å². The van der Waals surface area contributed by atoms with Crippen molar-refractivity contribution in [3.8, 4) is 0 Å². The maximum absolute atomic E-state index is 4.02. The summed E-state index contributed by atoms with van der Waals surface area (Å²) in [4.78, 5) is 0. The molecule has 0 aromatic carbocycles. The lowest BCUT2D eigenvalue weighted by molar-refractivity contribution is -0.118. The van der Waals surface area contributed by atoms with Gasteiger partial charge in [0.15, 0.2) is 0 Å². The smallest absolute Gasteiger partial charge is 0.0225 e. The summed E-state index contributed by atoms with van der Waals surface area (Å²) < 4.78 is 2.28. The average Bonchev–Trinajstić information content (AvgIpc) is 2.80. The topological polar surface area (TPSA) is 17.0 Å². The minimum absolute atomic E-state index is 0.428. The zero-order chi connectivity index (χ0) is 14.7. The van der Waals surface area contributed by atoms with Gasteiger partial charge in [0.1, 0.15) is 0 Å². The minimum Gasteiger partial charge on any atom is -0.354 e. The van der Waals surface area contributed by atoms with E-state index in [0.29, 0.717) is 16.4 Å². The Morgan fingerprint density at radius 3 is 2.43 bits per heavy atom. The van der Waals surface area contributed by atoms with Gasteiger partial charge in [-0.25, -0.2) is 0 Å². The number of nitrogens with one attached hydrogen (secondary N) is 1. The molecule has 2 unspecified atom stereocenters. The minimum atomic E-state index is 0.428. The number of nitrogens with zero attached hydrogens (tertiary/aromatic N) is 1. The number of rotatable bonds is 4. The molecule has 5 rings (SSSR count). The first kappa shape index (κ1) is 13.9. The van der Waals surface area contributed by atoms with E-state index >= 15 is 0 Å². The van der Waals surface area contributed by atoms with Crippen LogP contribution in [0.25, 0.3) is 0 Å². The van der Waals surface area contributed by atoms with Gasteiger partial charge in [0, 0.05) is 31.0 Å². The molecular formula is C19H30N2. The Morgan fingerprint density at radius 1 is 1.14 bits per heavy atom. The number of aryl methyl sites for hydroxylation is 1. The van der Waals surface area contributed by atoms with Crippen LogP contribution in [-0.4, -0.2) is 10.1 Å². The van der Waals surface area contributed by atoms with E-state index in [1.54, 1.807) is 0 Å². The van der Waals surface area contributed by atoms with Gasteiger partial charge in [0.2, 0.25) is 0 Å². The van der Waals surface area contributed by atoms with E-state index < -0.39 is 0 Å². The first-order chi connectivity index (χ1) is 9.92. The first-order valence-corrected chi connectivity index (χ1v) is 8.81. The van der Waals surface area contributed by atoms with Crippen molar-refractivity contribution in [2.75, 3.05) is 0 Å². The predicted octanol–water partition coefficient (Wildman–Crippen LogP) is 4.35.